The van der Waals surface area contributed by atoms with Crippen molar-refractivity contribution in [2.45, 2.75) is 39.5 Å². The molecule has 104 valence electrons. The highest BCUT2D eigenvalue weighted by molar-refractivity contribution is 5.67. The Hall–Kier alpha value is -2.04. The first-order chi connectivity index (χ1) is 8.90. The molecule has 1 aromatic rings. The van der Waals surface area contributed by atoms with E-state index >= 15 is 0 Å². The van der Waals surface area contributed by atoms with Crippen LogP contribution in [-0.4, -0.2) is 18.1 Å². The fraction of sp³-hybridized carbons (Fsp3) is 0.429. The van der Waals surface area contributed by atoms with Gasteiger partial charge in [0.25, 0.3) is 0 Å². The van der Waals surface area contributed by atoms with E-state index in [1.807, 2.05) is 45.0 Å². The third-order valence-electron chi connectivity index (χ3n) is 2.22. The molecule has 0 saturated carbocycles. The molecule has 0 aliphatic heterocycles. The summed E-state index contributed by atoms with van der Waals surface area (Å²) in [4.78, 5) is 21.7. The Balaban J connectivity index is 2.48. The maximum absolute atomic E-state index is 11.5. The Kier molecular flexibility index (Phi) is 5.36. The average Bonchev–Trinajstić information content (AvgIpc) is 2.32. The third kappa shape index (κ3) is 6.45. The Morgan fingerprint density at radius 3 is 2.47 bits per heavy atom. The smallest absolute Gasteiger partial charge is 0.407 e. The lowest BCUT2D eigenvalue weighted by atomic mass is 10.1. The van der Waals surface area contributed by atoms with Crippen molar-refractivity contribution >= 4 is 12.5 Å². The van der Waals surface area contributed by atoms with Crippen LogP contribution in [0.15, 0.2) is 24.3 Å². The van der Waals surface area contributed by atoms with Gasteiger partial charge >= 0.3 is 6.09 Å². The van der Waals surface area contributed by atoms with Crippen LogP contribution in [0.5, 0.6) is 0 Å². The highest BCUT2D eigenvalue weighted by Crippen LogP contribution is 2.08. The van der Waals surface area contributed by atoms with E-state index in [1.165, 1.54) is 0 Å². The summed E-state index contributed by atoms with van der Waals surface area (Å²) in [6, 6.07) is 7.62. The lowest BCUT2D eigenvalue weighted by Gasteiger charge is -2.19. The molecule has 0 fully saturated rings. The fourth-order valence-electron chi connectivity index (χ4n) is 1.50. The highest BCUT2D eigenvalue weighted by atomic mass is 16.6. The Morgan fingerprint density at radius 1 is 1.26 bits per heavy atom. The van der Waals surface area contributed by atoms with E-state index in [4.69, 9.17) is 4.74 Å². The topological polar surface area (TPSA) is 67.4 Å². The Labute approximate surface area is 113 Å². The van der Waals surface area contributed by atoms with Gasteiger partial charge in [0, 0.05) is 13.1 Å². The fourth-order valence-corrected chi connectivity index (χ4v) is 1.50. The van der Waals surface area contributed by atoms with Crippen molar-refractivity contribution in [2.75, 3.05) is 0 Å². The van der Waals surface area contributed by atoms with Crippen LogP contribution in [0.3, 0.4) is 0 Å². The number of carbonyl (C=O) groups is 2. The second-order valence-corrected chi connectivity index (χ2v) is 5.17. The zero-order valence-corrected chi connectivity index (χ0v) is 11.5. The van der Waals surface area contributed by atoms with Crippen LogP contribution in [0.2, 0.25) is 0 Å². The molecule has 2 amide bonds. The average molecular weight is 264 g/mol. The number of amides is 2. The zero-order chi connectivity index (χ0) is 14.3. The molecule has 0 unspecified atom stereocenters. The predicted molar refractivity (Wildman–Crippen MR) is 72.4 cm³/mol. The van der Waals surface area contributed by atoms with E-state index in [-0.39, 0.29) is 0 Å². The molecule has 0 aliphatic rings. The molecule has 0 saturated heterocycles. The number of hydrogen-bond donors (Lipinski definition) is 2. The molecule has 0 heterocycles. The maximum Gasteiger partial charge on any atom is 0.407 e. The monoisotopic (exact) mass is 264 g/mol. The van der Waals surface area contributed by atoms with Crippen molar-refractivity contribution in [3.8, 4) is 0 Å². The second kappa shape index (κ2) is 6.78. The molecule has 0 bridgehead atoms. The predicted octanol–water partition coefficient (Wildman–Crippen LogP) is 1.96. The van der Waals surface area contributed by atoms with Gasteiger partial charge in [0.1, 0.15) is 5.60 Å². The van der Waals surface area contributed by atoms with Crippen molar-refractivity contribution in [1.82, 2.24) is 10.6 Å². The number of alkyl carbamates (subject to hydrolysis) is 1. The quantitative estimate of drug-likeness (QED) is 0.799. The summed E-state index contributed by atoms with van der Waals surface area (Å²) in [7, 11) is 0. The van der Waals surface area contributed by atoms with E-state index < -0.39 is 11.7 Å². The van der Waals surface area contributed by atoms with Gasteiger partial charge in [0.05, 0.1) is 0 Å². The van der Waals surface area contributed by atoms with E-state index in [0.717, 1.165) is 11.1 Å². The minimum Gasteiger partial charge on any atom is -0.444 e. The van der Waals surface area contributed by atoms with E-state index in [1.54, 1.807) is 0 Å². The number of hydrogen-bond acceptors (Lipinski definition) is 3. The van der Waals surface area contributed by atoms with Gasteiger partial charge in [-0.25, -0.2) is 4.79 Å². The van der Waals surface area contributed by atoms with Crippen LogP contribution in [0.1, 0.15) is 31.9 Å². The first kappa shape index (κ1) is 15.0. The second-order valence-electron chi connectivity index (χ2n) is 5.17. The summed E-state index contributed by atoms with van der Waals surface area (Å²) >= 11 is 0. The molecule has 1 rings (SSSR count). The van der Waals surface area contributed by atoms with Crippen molar-refractivity contribution in [3.63, 3.8) is 0 Å². The Morgan fingerprint density at radius 2 is 1.89 bits per heavy atom. The molecule has 0 aromatic heterocycles. The number of carbonyl (C=O) groups excluding carboxylic acids is 2. The molecule has 0 spiro atoms. The summed E-state index contributed by atoms with van der Waals surface area (Å²) in [5.41, 5.74) is 1.44. The number of ether oxygens (including phenoxy) is 1. The Bertz CT molecular complexity index is 439. The van der Waals surface area contributed by atoms with Crippen LogP contribution < -0.4 is 10.6 Å². The van der Waals surface area contributed by atoms with Crippen molar-refractivity contribution in [1.29, 1.82) is 0 Å². The van der Waals surface area contributed by atoms with Crippen molar-refractivity contribution in [3.05, 3.63) is 35.4 Å². The maximum atomic E-state index is 11.5. The van der Waals surface area contributed by atoms with Gasteiger partial charge in [-0.15, -0.1) is 0 Å². The molecule has 5 heteroatoms. The first-order valence-electron chi connectivity index (χ1n) is 6.12. The highest BCUT2D eigenvalue weighted by Gasteiger charge is 2.15. The molecule has 2 N–H and O–H groups in total. The molecule has 0 aliphatic carbocycles. The van der Waals surface area contributed by atoms with Crippen molar-refractivity contribution < 1.29 is 14.3 Å². The molecular formula is C14H20N2O3. The van der Waals surface area contributed by atoms with Gasteiger partial charge in [-0.2, -0.15) is 0 Å². The molecule has 0 radical (unpaired) electrons. The summed E-state index contributed by atoms with van der Waals surface area (Å²) in [6.07, 6.45) is 0.218. The van der Waals surface area contributed by atoms with Gasteiger partial charge in [-0.3, -0.25) is 4.79 Å². The van der Waals surface area contributed by atoms with Gasteiger partial charge < -0.3 is 15.4 Å². The minimum absolute atomic E-state index is 0.393. The van der Waals surface area contributed by atoms with Gasteiger partial charge in [0.15, 0.2) is 0 Å². The van der Waals surface area contributed by atoms with Crippen LogP contribution >= 0.6 is 0 Å². The van der Waals surface area contributed by atoms with Crippen LogP contribution in [0.25, 0.3) is 0 Å². The number of benzene rings is 1. The summed E-state index contributed by atoms with van der Waals surface area (Å²) in [5, 5.41) is 5.28. The standard InChI is InChI=1S/C14H20N2O3/c1-14(2,3)19-13(18)16-9-12-6-4-5-11(7-12)8-15-10-17/h4-7,10H,8-9H2,1-3H3,(H,15,17)(H,16,18). The van der Waals surface area contributed by atoms with E-state index in [2.05, 4.69) is 10.6 Å². The molecule has 1 aromatic carbocycles. The lowest BCUT2D eigenvalue weighted by molar-refractivity contribution is -0.109. The summed E-state index contributed by atoms with van der Waals surface area (Å²) in [6.45, 7) is 6.32. The summed E-state index contributed by atoms with van der Waals surface area (Å²) < 4.78 is 5.15. The first-order valence-corrected chi connectivity index (χ1v) is 6.12. The SMILES string of the molecule is CC(C)(C)OC(=O)NCc1cccc(CNC=O)c1. The normalized spacial score (nSPS) is 10.7. The molecule has 5 nitrogen and oxygen atoms in total. The van der Waals surface area contributed by atoms with Crippen molar-refractivity contribution in [2.24, 2.45) is 0 Å². The zero-order valence-electron chi connectivity index (χ0n) is 11.5. The molecule has 0 atom stereocenters. The van der Waals surface area contributed by atoms with Gasteiger partial charge in [-0.05, 0) is 31.9 Å². The minimum atomic E-state index is -0.500. The van der Waals surface area contributed by atoms with Crippen LogP contribution in [0.4, 0.5) is 4.79 Å². The van der Waals surface area contributed by atoms with Gasteiger partial charge in [0.2, 0.25) is 6.41 Å². The lowest BCUT2D eigenvalue weighted by Crippen LogP contribution is -2.32. The van der Waals surface area contributed by atoms with E-state index in [9.17, 15) is 9.59 Å². The summed E-state index contributed by atoms with van der Waals surface area (Å²) in [5.74, 6) is 0. The number of nitrogens with one attached hydrogen (secondary N) is 2. The third-order valence-corrected chi connectivity index (χ3v) is 2.22. The van der Waals surface area contributed by atoms with Crippen LogP contribution in [-0.2, 0) is 22.6 Å². The molecular weight excluding hydrogens is 244 g/mol. The van der Waals surface area contributed by atoms with E-state index in [0.29, 0.717) is 19.5 Å². The van der Waals surface area contributed by atoms with Crippen LogP contribution in [0, 0.1) is 0 Å². The van der Waals surface area contributed by atoms with Gasteiger partial charge in [-0.1, -0.05) is 24.3 Å². The number of rotatable bonds is 5. The molecule has 19 heavy (non-hydrogen) atoms. The largest absolute Gasteiger partial charge is 0.444 e.